The largest absolute Gasteiger partial charge is 0.381 e. The summed E-state index contributed by atoms with van der Waals surface area (Å²) in [6, 6.07) is 0. The Morgan fingerprint density at radius 3 is 1.19 bits per heavy atom. The van der Waals surface area contributed by atoms with Crippen LogP contribution < -0.4 is 0 Å². The molecule has 0 fully saturated rings. The first-order valence-electron chi connectivity index (χ1n) is 12.4. The summed E-state index contributed by atoms with van der Waals surface area (Å²) in [5.74, 6) is 0. The van der Waals surface area contributed by atoms with E-state index in [1.807, 2.05) is 0 Å². The van der Waals surface area contributed by atoms with Gasteiger partial charge in [-0.1, -0.05) is 105 Å². The smallest absolute Gasteiger partial charge is 0.0471 e. The summed E-state index contributed by atoms with van der Waals surface area (Å²) in [6.07, 6.45) is 21.0. The van der Waals surface area contributed by atoms with Gasteiger partial charge in [-0.25, -0.2) is 0 Å². The van der Waals surface area contributed by atoms with Crippen molar-refractivity contribution >= 4 is 0 Å². The van der Waals surface area contributed by atoms with Gasteiger partial charge in [-0.05, 0) is 31.1 Å². The zero-order chi connectivity index (χ0) is 20.1. The lowest BCUT2D eigenvalue weighted by atomic mass is 9.77. The molecular weight excluding hydrogens is 332 g/mol. The van der Waals surface area contributed by atoms with Crippen molar-refractivity contribution in [1.29, 1.82) is 0 Å². The van der Waals surface area contributed by atoms with Crippen molar-refractivity contribution in [3.05, 3.63) is 0 Å². The van der Waals surface area contributed by atoms with Crippen LogP contribution in [0.5, 0.6) is 0 Å². The fourth-order valence-corrected chi connectivity index (χ4v) is 3.83. The molecule has 0 aliphatic carbocycles. The highest BCUT2D eigenvalue weighted by Gasteiger charge is 2.25. The van der Waals surface area contributed by atoms with Gasteiger partial charge in [0.15, 0.2) is 0 Å². The van der Waals surface area contributed by atoms with Gasteiger partial charge in [0.25, 0.3) is 0 Å². The summed E-state index contributed by atoms with van der Waals surface area (Å²) in [7, 11) is 0. The zero-order valence-electron chi connectivity index (χ0n) is 19.5. The molecule has 0 heterocycles. The summed E-state index contributed by atoms with van der Waals surface area (Å²) in [5.41, 5.74) is 0.419. The van der Waals surface area contributed by atoms with Gasteiger partial charge in [0.1, 0.15) is 0 Å². The molecule has 0 aliphatic heterocycles. The first kappa shape index (κ1) is 26.9. The van der Waals surface area contributed by atoms with E-state index in [4.69, 9.17) is 9.47 Å². The van der Waals surface area contributed by atoms with Crippen LogP contribution in [-0.4, -0.2) is 26.4 Å². The average molecular weight is 385 g/mol. The third-order valence-corrected chi connectivity index (χ3v) is 6.34. The Morgan fingerprint density at radius 2 is 0.815 bits per heavy atom. The minimum atomic E-state index is 0.419. The van der Waals surface area contributed by atoms with Crippen LogP contribution in [0.15, 0.2) is 0 Å². The Hall–Kier alpha value is -0.0800. The van der Waals surface area contributed by atoms with Gasteiger partial charge in [-0.3, -0.25) is 0 Å². The standard InChI is InChI=1S/C25H52O2/c1-5-9-11-13-15-17-21-26-23-19-25(7-3,8-4)20-24-27-22-18-16-14-12-10-6-2/h5-24H2,1-4H3. The van der Waals surface area contributed by atoms with E-state index in [9.17, 15) is 0 Å². The van der Waals surface area contributed by atoms with E-state index in [1.165, 1.54) is 103 Å². The van der Waals surface area contributed by atoms with Crippen LogP contribution in [0.3, 0.4) is 0 Å². The maximum atomic E-state index is 5.95. The molecule has 0 aliphatic rings. The van der Waals surface area contributed by atoms with Gasteiger partial charge in [-0.2, -0.15) is 0 Å². The summed E-state index contributed by atoms with van der Waals surface area (Å²) in [6.45, 7) is 13.0. The molecule has 0 atom stereocenters. The van der Waals surface area contributed by atoms with E-state index in [-0.39, 0.29) is 0 Å². The predicted molar refractivity (Wildman–Crippen MR) is 121 cm³/mol. The summed E-state index contributed by atoms with van der Waals surface area (Å²) >= 11 is 0. The van der Waals surface area contributed by atoms with Crippen molar-refractivity contribution in [2.75, 3.05) is 26.4 Å². The molecule has 0 unspecified atom stereocenters. The first-order chi connectivity index (χ1) is 13.2. The molecule has 0 saturated heterocycles. The van der Waals surface area contributed by atoms with Gasteiger partial charge < -0.3 is 9.47 Å². The zero-order valence-corrected chi connectivity index (χ0v) is 19.5. The van der Waals surface area contributed by atoms with Crippen molar-refractivity contribution < 1.29 is 9.47 Å². The molecule has 2 nitrogen and oxygen atoms in total. The van der Waals surface area contributed by atoms with E-state index < -0.39 is 0 Å². The lowest BCUT2D eigenvalue weighted by Gasteiger charge is -2.31. The maximum absolute atomic E-state index is 5.95. The number of hydrogen-bond acceptors (Lipinski definition) is 2. The third-order valence-electron chi connectivity index (χ3n) is 6.34. The highest BCUT2D eigenvalue weighted by atomic mass is 16.5. The monoisotopic (exact) mass is 384 g/mol. The molecule has 164 valence electrons. The molecule has 0 N–H and O–H groups in total. The molecule has 2 heteroatoms. The predicted octanol–water partition coefficient (Wildman–Crippen LogP) is 8.33. The normalized spacial score (nSPS) is 12.0. The van der Waals surface area contributed by atoms with Crippen LogP contribution >= 0.6 is 0 Å². The Labute approximate surface area is 172 Å². The average Bonchev–Trinajstić information content (AvgIpc) is 2.70. The topological polar surface area (TPSA) is 18.5 Å². The molecule has 0 aromatic heterocycles. The molecular formula is C25H52O2. The lowest BCUT2D eigenvalue weighted by Crippen LogP contribution is -2.23. The molecule has 27 heavy (non-hydrogen) atoms. The highest BCUT2D eigenvalue weighted by molar-refractivity contribution is 4.76. The van der Waals surface area contributed by atoms with Crippen LogP contribution in [0.2, 0.25) is 0 Å². The number of hydrogen-bond donors (Lipinski definition) is 0. The van der Waals surface area contributed by atoms with Crippen LogP contribution in [-0.2, 0) is 9.47 Å². The second kappa shape index (κ2) is 20.6. The van der Waals surface area contributed by atoms with E-state index >= 15 is 0 Å². The molecule has 0 spiro atoms. The van der Waals surface area contributed by atoms with Crippen molar-refractivity contribution in [3.8, 4) is 0 Å². The quantitative estimate of drug-likeness (QED) is 0.175. The minimum Gasteiger partial charge on any atom is -0.381 e. The lowest BCUT2D eigenvalue weighted by molar-refractivity contribution is 0.0512. The van der Waals surface area contributed by atoms with Crippen molar-refractivity contribution in [2.45, 2.75) is 130 Å². The molecule has 0 aromatic rings. The van der Waals surface area contributed by atoms with Crippen molar-refractivity contribution in [2.24, 2.45) is 5.41 Å². The second-order valence-electron chi connectivity index (χ2n) is 8.47. The van der Waals surface area contributed by atoms with Gasteiger partial charge in [0, 0.05) is 26.4 Å². The SMILES string of the molecule is CCCCCCCCOCCC(CC)(CC)CCOCCCCCCCC. The molecule has 0 saturated carbocycles. The Morgan fingerprint density at radius 1 is 0.444 bits per heavy atom. The fourth-order valence-electron chi connectivity index (χ4n) is 3.83. The third kappa shape index (κ3) is 16.6. The molecule has 0 amide bonds. The molecule has 0 aromatic carbocycles. The maximum Gasteiger partial charge on any atom is 0.0471 e. The number of unbranched alkanes of at least 4 members (excludes halogenated alkanes) is 10. The highest BCUT2D eigenvalue weighted by Crippen LogP contribution is 2.34. The Kier molecular flexibility index (Phi) is 20.6. The molecule has 0 radical (unpaired) electrons. The Balaban J connectivity index is 3.67. The van der Waals surface area contributed by atoms with E-state index in [0.29, 0.717) is 5.41 Å². The van der Waals surface area contributed by atoms with Crippen LogP contribution in [0, 0.1) is 5.41 Å². The Bertz CT molecular complexity index is 249. The second-order valence-corrected chi connectivity index (χ2v) is 8.47. The fraction of sp³-hybridized carbons (Fsp3) is 1.00. The van der Waals surface area contributed by atoms with E-state index in [0.717, 1.165) is 26.4 Å². The van der Waals surface area contributed by atoms with Gasteiger partial charge in [0.2, 0.25) is 0 Å². The number of rotatable bonds is 22. The van der Waals surface area contributed by atoms with Crippen LogP contribution in [0.1, 0.15) is 130 Å². The van der Waals surface area contributed by atoms with Crippen molar-refractivity contribution in [1.82, 2.24) is 0 Å². The minimum absolute atomic E-state index is 0.419. The van der Waals surface area contributed by atoms with E-state index in [2.05, 4.69) is 27.7 Å². The first-order valence-corrected chi connectivity index (χ1v) is 12.4. The summed E-state index contributed by atoms with van der Waals surface area (Å²) in [5, 5.41) is 0. The van der Waals surface area contributed by atoms with Gasteiger partial charge in [-0.15, -0.1) is 0 Å². The van der Waals surface area contributed by atoms with Crippen molar-refractivity contribution in [3.63, 3.8) is 0 Å². The summed E-state index contributed by atoms with van der Waals surface area (Å²) < 4.78 is 11.9. The number of ether oxygens (including phenoxy) is 2. The molecule has 0 rings (SSSR count). The molecule has 0 bridgehead atoms. The van der Waals surface area contributed by atoms with Crippen LogP contribution in [0.25, 0.3) is 0 Å². The van der Waals surface area contributed by atoms with Gasteiger partial charge >= 0.3 is 0 Å². The van der Waals surface area contributed by atoms with Gasteiger partial charge in [0.05, 0.1) is 0 Å². The van der Waals surface area contributed by atoms with Crippen LogP contribution in [0.4, 0.5) is 0 Å². The van der Waals surface area contributed by atoms with E-state index in [1.54, 1.807) is 0 Å². The summed E-state index contributed by atoms with van der Waals surface area (Å²) in [4.78, 5) is 0.